The van der Waals surface area contributed by atoms with Gasteiger partial charge in [-0.05, 0) is 0 Å². The summed E-state index contributed by atoms with van der Waals surface area (Å²) in [6, 6.07) is 0. The molecular formula is C12H12N4O3. The summed E-state index contributed by atoms with van der Waals surface area (Å²) < 4.78 is 1.39. The fourth-order valence-corrected chi connectivity index (χ4v) is 2.21. The summed E-state index contributed by atoms with van der Waals surface area (Å²) in [5.41, 5.74) is 0.856. The summed E-state index contributed by atoms with van der Waals surface area (Å²) in [6.07, 6.45) is 1.36. The highest BCUT2D eigenvalue weighted by atomic mass is 16.2. The Hall–Kier alpha value is -2.44. The molecule has 1 N–H and O–H groups in total. The van der Waals surface area contributed by atoms with E-state index in [9.17, 15) is 14.4 Å². The Morgan fingerprint density at radius 1 is 1.32 bits per heavy atom. The zero-order valence-electron chi connectivity index (χ0n) is 10.6. The van der Waals surface area contributed by atoms with Gasteiger partial charge < -0.3 is 10.2 Å². The van der Waals surface area contributed by atoms with E-state index < -0.39 is 0 Å². The molecule has 1 fully saturated rings. The molecule has 0 saturated carbocycles. The molecule has 0 atom stereocenters. The Bertz CT molecular complexity index is 652. The lowest BCUT2D eigenvalue weighted by Gasteiger charge is -2.20. The van der Waals surface area contributed by atoms with E-state index in [4.69, 9.17) is 0 Å². The van der Waals surface area contributed by atoms with Gasteiger partial charge in [-0.25, -0.2) is 0 Å². The van der Waals surface area contributed by atoms with E-state index in [-0.39, 0.29) is 40.1 Å². The molecule has 1 aliphatic carbocycles. The van der Waals surface area contributed by atoms with Gasteiger partial charge in [-0.3, -0.25) is 19.1 Å². The number of rotatable bonds is 2. The van der Waals surface area contributed by atoms with E-state index in [0.29, 0.717) is 13.1 Å². The van der Waals surface area contributed by atoms with E-state index in [0.717, 1.165) is 0 Å². The molecular weight excluding hydrogens is 248 g/mol. The predicted molar refractivity (Wildman–Crippen MR) is 64.3 cm³/mol. The van der Waals surface area contributed by atoms with Crippen molar-refractivity contribution in [1.82, 2.24) is 20.0 Å². The van der Waals surface area contributed by atoms with Crippen LogP contribution in [0.2, 0.25) is 0 Å². The minimum Gasteiger partial charge on any atom is -0.363 e. The van der Waals surface area contributed by atoms with Crippen molar-refractivity contribution in [2.45, 2.75) is 6.92 Å². The highest BCUT2D eigenvalue weighted by Gasteiger charge is 2.41. The van der Waals surface area contributed by atoms with Crippen molar-refractivity contribution < 1.29 is 14.4 Å². The molecule has 7 heteroatoms. The summed E-state index contributed by atoms with van der Waals surface area (Å²) in [5, 5.41) is 6.42. The first kappa shape index (κ1) is 11.6. The summed E-state index contributed by atoms with van der Waals surface area (Å²) in [4.78, 5) is 37.8. The van der Waals surface area contributed by atoms with Gasteiger partial charge in [0, 0.05) is 27.1 Å². The average molecular weight is 260 g/mol. The van der Waals surface area contributed by atoms with Gasteiger partial charge in [-0.1, -0.05) is 0 Å². The largest absolute Gasteiger partial charge is 0.363 e. The minimum absolute atomic E-state index is 0.0653. The van der Waals surface area contributed by atoms with Crippen LogP contribution in [0.5, 0.6) is 0 Å². The molecule has 3 rings (SSSR count). The van der Waals surface area contributed by atoms with Crippen LogP contribution in [0.25, 0.3) is 0 Å². The highest BCUT2D eigenvalue weighted by Crippen LogP contribution is 2.29. The Morgan fingerprint density at radius 3 is 2.58 bits per heavy atom. The topological polar surface area (TPSA) is 84.1 Å². The number of nitrogens with zero attached hydrogens (tertiary/aromatic N) is 3. The van der Waals surface area contributed by atoms with Crippen LogP contribution in [0.4, 0.5) is 0 Å². The molecule has 98 valence electrons. The Kier molecular flexibility index (Phi) is 2.31. The van der Waals surface area contributed by atoms with Crippen LogP contribution in [-0.4, -0.2) is 45.2 Å². The lowest BCUT2D eigenvalue weighted by Crippen LogP contribution is -2.35. The molecule has 1 aromatic heterocycles. The van der Waals surface area contributed by atoms with Gasteiger partial charge in [-0.15, -0.1) is 0 Å². The summed E-state index contributed by atoms with van der Waals surface area (Å²) in [7, 11) is 1.62. The molecule has 7 nitrogen and oxygen atoms in total. The van der Waals surface area contributed by atoms with Gasteiger partial charge in [0.15, 0.2) is 0 Å². The number of aromatic nitrogens is 2. The van der Waals surface area contributed by atoms with Crippen molar-refractivity contribution in [3.8, 4) is 0 Å². The first-order valence-electron chi connectivity index (χ1n) is 5.89. The van der Waals surface area contributed by atoms with Crippen molar-refractivity contribution >= 4 is 17.5 Å². The Morgan fingerprint density at radius 2 is 2.00 bits per heavy atom. The van der Waals surface area contributed by atoms with Gasteiger partial charge in [0.25, 0.3) is 0 Å². The second kappa shape index (κ2) is 3.78. The van der Waals surface area contributed by atoms with Crippen LogP contribution in [-0.2, 0) is 11.8 Å². The van der Waals surface area contributed by atoms with Gasteiger partial charge in [-0.2, -0.15) is 5.10 Å². The average Bonchev–Trinajstić information content (AvgIpc) is 3.08. The maximum Gasteiger partial charge on any atom is 0.230 e. The minimum atomic E-state index is -0.372. The zero-order valence-corrected chi connectivity index (χ0v) is 10.6. The van der Waals surface area contributed by atoms with Gasteiger partial charge in [0.1, 0.15) is 17.1 Å². The smallest absolute Gasteiger partial charge is 0.230 e. The maximum atomic E-state index is 12.5. The maximum absolute atomic E-state index is 12.5. The third-order valence-corrected chi connectivity index (χ3v) is 3.14. The normalized spacial score (nSPS) is 17.7. The fraction of sp³-hybridized carbons (Fsp3) is 0.333. The lowest BCUT2D eigenvalue weighted by molar-refractivity contribution is -0.118. The molecule has 2 heterocycles. The molecule has 1 amide bonds. The van der Waals surface area contributed by atoms with Crippen molar-refractivity contribution in [1.29, 1.82) is 0 Å². The molecule has 2 aliphatic rings. The van der Waals surface area contributed by atoms with Crippen LogP contribution in [0.3, 0.4) is 0 Å². The second-order valence-corrected chi connectivity index (χ2v) is 4.58. The van der Waals surface area contributed by atoms with Crippen LogP contribution in [0.15, 0.2) is 17.6 Å². The van der Waals surface area contributed by atoms with E-state index in [1.54, 1.807) is 11.9 Å². The Balaban J connectivity index is 2.17. The number of hydrogen-bond donors (Lipinski definition) is 1. The van der Waals surface area contributed by atoms with Gasteiger partial charge in [0.2, 0.25) is 17.5 Å². The molecule has 19 heavy (non-hydrogen) atoms. The van der Waals surface area contributed by atoms with Crippen molar-refractivity contribution in [2.75, 3.05) is 13.1 Å². The second-order valence-electron chi connectivity index (χ2n) is 4.58. The van der Waals surface area contributed by atoms with E-state index >= 15 is 0 Å². The molecule has 0 unspecified atom stereocenters. The fourth-order valence-electron chi connectivity index (χ4n) is 2.21. The molecule has 0 aromatic carbocycles. The van der Waals surface area contributed by atoms with Crippen molar-refractivity contribution in [2.24, 2.45) is 7.05 Å². The Labute approximate surface area is 108 Å². The standard InChI is InChI=1S/C12H12N4O3/c1-6(17)14-8-10(16-3-4-16)12(19)9-7(11(8)18)5-13-15(9)2/h5H,3-4H2,1-2H3,(H,14,17). The van der Waals surface area contributed by atoms with E-state index in [1.165, 1.54) is 17.8 Å². The third-order valence-electron chi connectivity index (χ3n) is 3.14. The monoisotopic (exact) mass is 260 g/mol. The SMILES string of the molecule is CC(=O)NC1=C(N2CC2)C(=O)c2c(cnn2C)C1=O. The van der Waals surface area contributed by atoms with Crippen LogP contribution in [0, 0.1) is 0 Å². The van der Waals surface area contributed by atoms with E-state index in [1.807, 2.05) is 0 Å². The lowest BCUT2D eigenvalue weighted by atomic mass is 9.96. The van der Waals surface area contributed by atoms with Gasteiger partial charge in [0.05, 0.1) is 11.8 Å². The first-order chi connectivity index (χ1) is 9.00. The number of hydrogen-bond acceptors (Lipinski definition) is 5. The van der Waals surface area contributed by atoms with E-state index in [2.05, 4.69) is 10.4 Å². The number of amides is 1. The van der Waals surface area contributed by atoms with Crippen LogP contribution < -0.4 is 5.32 Å². The molecule has 1 aliphatic heterocycles. The highest BCUT2D eigenvalue weighted by molar-refractivity contribution is 6.26. The van der Waals surface area contributed by atoms with Crippen LogP contribution in [0.1, 0.15) is 27.8 Å². The third kappa shape index (κ3) is 1.66. The summed E-state index contributed by atoms with van der Waals surface area (Å²) in [5.74, 6) is -1.00. The summed E-state index contributed by atoms with van der Waals surface area (Å²) >= 11 is 0. The number of fused-ring (bicyclic) bond motifs is 1. The number of nitrogens with one attached hydrogen (secondary N) is 1. The van der Waals surface area contributed by atoms with Crippen LogP contribution >= 0.6 is 0 Å². The molecule has 1 saturated heterocycles. The van der Waals surface area contributed by atoms with Gasteiger partial charge >= 0.3 is 0 Å². The van der Waals surface area contributed by atoms with Crippen molar-refractivity contribution in [3.05, 3.63) is 28.8 Å². The zero-order chi connectivity index (χ0) is 13.7. The number of allylic oxidation sites excluding steroid dienone is 2. The number of carbonyl (C=O) groups excluding carboxylic acids is 3. The number of Topliss-reactive ketones (excluding diaryl/α,β-unsaturated/α-hetero) is 2. The van der Waals surface area contributed by atoms with Crippen molar-refractivity contribution in [3.63, 3.8) is 0 Å². The number of aryl methyl sites for hydroxylation is 1. The predicted octanol–water partition coefficient (Wildman–Crippen LogP) is -0.538. The quantitative estimate of drug-likeness (QED) is 0.722. The summed E-state index contributed by atoms with van der Waals surface area (Å²) in [6.45, 7) is 2.73. The molecule has 0 bridgehead atoms. The first-order valence-corrected chi connectivity index (χ1v) is 5.89. The number of ketones is 2. The molecule has 0 spiro atoms. The molecule has 0 radical (unpaired) electrons. The molecule has 1 aromatic rings. The number of carbonyl (C=O) groups is 3.